The Morgan fingerprint density at radius 1 is 1.37 bits per heavy atom. The minimum atomic E-state index is -0.777. The van der Waals surface area contributed by atoms with Crippen LogP contribution in [0, 0.1) is 0 Å². The molecule has 0 radical (unpaired) electrons. The maximum Gasteiger partial charge on any atom is 0.163 e. The standard InChI is InChI=1S/C14H20N4O/c1-10(14(2,3)19)16-12-7-5-6-11(8-12)13-17-15-9-18(13)4/h5-10,16,19H,1-4H3. The van der Waals surface area contributed by atoms with E-state index >= 15 is 0 Å². The second-order valence-electron chi connectivity index (χ2n) is 5.37. The van der Waals surface area contributed by atoms with Crippen molar-refractivity contribution in [2.24, 2.45) is 7.05 Å². The molecule has 102 valence electrons. The van der Waals surface area contributed by atoms with Gasteiger partial charge >= 0.3 is 0 Å². The van der Waals surface area contributed by atoms with Gasteiger partial charge < -0.3 is 15.0 Å². The van der Waals surface area contributed by atoms with Crippen LogP contribution in [0.2, 0.25) is 0 Å². The number of hydrogen-bond acceptors (Lipinski definition) is 4. The summed E-state index contributed by atoms with van der Waals surface area (Å²) in [4.78, 5) is 0. The highest BCUT2D eigenvalue weighted by Gasteiger charge is 2.22. The molecule has 1 aromatic carbocycles. The summed E-state index contributed by atoms with van der Waals surface area (Å²) in [5, 5.41) is 21.2. The van der Waals surface area contributed by atoms with E-state index in [2.05, 4.69) is 15.5 Å². The van der Waals surface area contributed by atoms with Crippen molar-refractivity contribution >= 4 is 5.69 Å². The number of hydrogen-bond donors (Lipinski definition) is 2. The highest BCUT2D eigenvalue weighted by molar-refractivity contribution is 5.62. The maximum atomic E-state index is 9.96. The summed E-state index contributed by atoms with van der Waals surface area (Å²) in [6.45, 7) is 5.53. The summed E-state index contributed by atoms with van der Waals surface area (Å²) in [6, 6.07) is 7.88. The highest BCUT2D eigenvalue weighted by atomic mass is 16.3. The molecule has 0 aliphatic carbocycles. The first kappa shape index (κ1) is 13.5. The summed E-state index contributed by atoms with van der Waals surface area (Å²) in [6.07, 6.45) is 1.68. The lowest BCUT2D eigenvalue weighted by atomic mass is 10.0. The van der Waals surface area contributed by atoms with E-state index in [0.29, 0.717) is 0 Å². The molecule has 0 saturated carbocycles. The number of nitrogens with zero attached hydrogens (tertiary/aromatic N) is 3. The zero-order chi connectivity index (χ0) is 14.0. The van der Waals surface area contributed by atoms with Gasteiger partial charge in [-0.05, 0) is 32.9 Å². The molecule has 5 nitrogen and oxygen atoms in total. The van der Waals surface area contributed by atoms with Crippen LogP contribution in [0.4, 0.5) is 5.69 Å². The lowest BCUT2D eigenvalue weighted by Gasteiger charge is -2.27. The Labute approximate surface area is 113 Å². The third kappa shape index (κ3) is 3.12. The van der Waals surface area contributed by atoms with Crippen LogP contribution in [0.5, 0.6) is 0 Å². The molecule has 2 rings (SSSR count). The number of rotatable bonds is 4. The van der Waals surface area contributed by atoms with Crippen LogP contribution >= 0.6 is 0 Å². The summed E-state index contributed by atoms with van der Waals surface area (Å²) < 4.78 is 1.87. The van der Waals surface area contributed by atoms with Crippen molar-refractivity contribution in [2.75, 3.05) is 5.32 Å². The van der Waals surface area contributed by atoms with Crippen LogP contribution in [-0.2, 0) is 7.05 Å². The van der Waals surface area contributed by atoms with E-state index in [9.17, 15) is 5.11 Å². The molecule has 0 saturated heterocycles. The second-order valence-corrected chi connectivity index (χ2v) is 5.37. The highest BCUT2D eigenvalue weighted by Crippen LogP contribution is 2.22. The average Bonchev–Trinajstić information content (AvgIpc) is 2.74. The Morgan fingerprint density at radius 2 is 2.11 bits per heavy atom. The van der Waals surface area contributed by atoms with Gasteiger partial charge in [0.05, 0.1) is 11.6 Å². The Hall–Kier alpha value is -1.88. The SMILES string of the molecule is CC(Nc1cccc(-c2nncn2C)c1)C(C)(C)O. The molecule has 0 bridgehead atoms. The van der Waals surface area contributed by atoms with Crippen LogP contribution in [-0.4, -0.2) is 31.5 Å². The Morgan fingerprint density at radius 3 is 2.68 bits per heavy atom. The van der Waals surface area contributed by atoms with E-state index in [4.69, 9.17) is 0 Å². The molecule has 2 aromatic rings. The molecule has 0 fully saturated rings. The van der Waals surface area contributed by atoms with Crippen LogP contribution in [0.3, 0.4) is 0 Å². The van der Waals surface area contributed by atoms with Gasteiger partial charge in [-0.25, -0.2) is 0 Å². The van der Waals surface area contributed by atoms with Crippen molar-refractivity contribution in [1.29, 1.82) is 0 Å². The summed E-state index contributed by atoms with van der Waals surface area (Å²) in [7, 11) is 1.91. The number of benzene rings is 1. The van der Waals surface area contributed by atoms with Gasteiger partial charge in [0.2, 0.25) is 0 Å². The van der Waals surface area contributed by atoms with Crippen LogP contribution < -0.4 is 5.32 Å². The molecule has 19 heavy (non-hydrogen) atoms. The fourth-order valence-electron chi connectivity index (χ4n) is 1.72. The van der Waals surface area contributed by atoms with E-state index in [1.165, 1.54) is 0 Å². The largest absolute Gasteiger partial charge is 0.388 e. The van der Waals surface area contributed by atoms with Gasteiger partial charge in [0.15, 0.2) is 5.82 Å². The van der Waals surface area contributed by atoms with Crippen molar-refractivity contribution in [3.63, 3.8) is 0 Å². The summed E-state index contributed by atoms with van der Waals surface area (Å²) in [5.74, 6) is 0.819. The first-order valence-corrected chi connectivity index (χ1v) is 6.31. The number of nitrogens with one attached hydrogen (secondary N) is 1. The third-order valence-corrected chi connectivity index (χ3v) is 3.28. The Kier molecular flexibility index (Phi) is 3.57. The van der Waals surface area contributed by atoms with Crippen molar-refractivity contribution in [3.8, 4) is 11.4 Å². The van der Waals surface area contributed by atoms with Crippen LogP contribution in [0.15, 0.2) is 30.6 Å². The zero-order valence-corrected chi connectivity index (χ0v) is 11.8. The van der Waals surface area contributed by atoms with E-state index in [-0.39, 0.29) is 6.04 Å². The first-order chi connectivity index (χ1) is 8.88. The molecule has 1 atom stereocenters. The minimum absolute atomic E-state index is 0.0535. The number of aliphatic hydroxyl groups is 1. The van der Waals surface area contributed by atoms with Crippen molar-refractivity contribution in [2.45, 2.75) is 32.4 Å². The van der Waals surface area contributed by atoms with Crippen molar-refractivity contribution < 1.29 is 5.11 Å². The van der Waals surface area contributed by atoms with Crippen LogP contribution in [0.1, 0.15) is 20.8 Å². The van der Waals surface area contributed by atoms with E-state index in [1.54, 1.807) is 20.2 Å². The van der Waals surface area contributed by atoms with Gasteiger partial charge in [-0.2, -0.15) is 0 Å². The summed E-state index contributed by atoms with van der Waals surface area (Å²) in [5.41, 5.74) is 1.17. The molecule has 0 aliphatic heterocycles. The molecule has 0 aliphatic rings. The first-order valence-electron chi connectivity index (χ1n) is 6.31. The lowest BCUT2D eigenvalue weighted by molar-refractivity contribution is 0.0649. The fourth-order valence-corrected chi connectivity index (χ4v) is 1.72. The Balaban J connectivity index is 2.23. The predicted molar refractivity (Wildman–Crippen MR) is 75.8 cm³/mol. The van der Waals surface area contributed by atoms with E-state index < -0.39 is 5.60 Å². The van der Waals surface area contributed by atoms with E-state index in [0.717, 1.165) is 17.1 Å². The number of aromatic nitrogens is 3. The van der Waals surface area contributed by atoms with Crippen molar-refractivity contribution in [3.05, 3.63) is 30.6 Å². The van der Waals surface area contributed by atoms with Gasteiger partial charge in [0, 0.05) is 18.3 Å². The Bertz CT molecular complexity index is 557. The monoisotopic (exact) mass is 260 g/mol. The van der Waals surface area contributed by atoms with E-state index in [1.807, 2.05) is 42.8 Å². The van der Waals surface area contributed by atoms with Gasteiger partial charge in [0.1, 0.15) is 6.33 Å². The molecular formula is C14H20N4O. The average molecular weight is 260 g/mol. The predicted octanol–water partition coefficient (Wildman–Crippen LogP) is 2.05. The lowest BCUT2D eigenvalue weighted by Crippen LogP contribution is -2.39. The van der Waals surface area contributed by atoms with Gasteiger partial charge in [-0.1, -0.05) is 12.1 Å². The normalized spacial score (nSPS) is 13.3. The molecule has 1 aromatic heterocycles. The third-order valence-electron chi connectivity index (χ3n) is 3.28. The molecule has 1 unspecified atom stereocenters. The fraction of sp³-hybridized carbons (Fsp3) is 0.429. The van der Waals surface area contributed by atoms with Gasteiger partial charge in [0.25, 0.3) is 0 Å². The van der Waals surface area contributed by atoms with Gasteiger partial charge in [-0.3, -0.25) is 0 Å². The molecular weight excluding hydrogens is 240 g/mol. The molecule has 1 heterocycles. The van der Waals surface area contributed by atoms with Crippen LogP contribution in [0.25, 0.3) is 11.4 Å². The van der Waals surface area contributed by atoms with Crippen molar-refractivity contribution in [1.82, 2.24) is 14.8 Å². The maximum absolute atomic E-state index is 9.96. The molecule has 0 amide bonds. The minimum Gasteiger partial charge on any atom is -0.388 e. The summed E-state index contributed by atoms with van der Waals surface area (Å²) >= 11 is 0. The molecule has 5 heteroatoms. The molecule has 2 N–H and O–H groups in total. The quantitative estimate of drug-likeness (QED) is 0.883. The smallest absolute Gasteiger partial charge is 0.163 e. The second kappa shape index (κ2) is 5.01. The molecule has 0 spiro atoms. The number of aryl methyl sites for hydroxylation is 1. The number of anilines is 1. The topological polar surface area (TPSA) is 63.0 Å². The van der Waals surface area contributed by atoms with Gasteiger partial charge in [-0.15, -0.1) is 10.2 Å². The zero-order valence-electron chi connectivity index (χ0n) is 11.8.